The van der Waals surface area contributed by atoms with Crippen molar-refractivity contribution in [2.75, 3.05) is 37.7 Å². The quantitative estimate of drug-likeness (QED) is 0.607. The van der Waals surface area contributed by atoms with Crippen LogP contribution in [0.3, 0.4) is 0 Å². The van der Waals surface area contributed by atoms with E-state index in [1.807, 2.05) is 4.90 Å². The lowest BCUT2D eigenvalue weighted by molar-refractivity contribution is -0.122. The average Bonchev–Trinajstić information content (AvgIpc) is 2.95. The van der Waals surface area contributed by atoms with Gasteiger partial charge in [0.25, 0.3) is 0 Å². The lowest BCUT2D eigenvalue weighted by atomic mass is 10.2. The molecule has 1 saturated heterocycles. The van der Waals surface area contributed by atoms with E-state index >= 15 is 0 Å². The number of hydrogen-bond donors (Lipinski definition) is 1. The summed E-state index contributed by atoms with van der Waals surface area (Å²) in [5, 5.41) is 3.43. The first-order chi connectivity index (χ1) is 12.4. The molecule has 1 amide bonds. The van der Waals surface area contributed by atoms with Crippen LogP contribution in [0.15, 0.2) is 24.3 Å². The molecule has 0 radical (unpaired) electrons. The Morgan fingerprint density at radius 1 is 1.42 bits per heavy atom. The normalized spacial score (nSPS) is 18.8. The van der Waals surface area contributed by atoms with Gasteiger partial charge in [0.15, 0.2) is 9.84 Å². The molecule has 6 nitrogen and oxygen atoms in total. The van der Waals surface area contributed by atoms with Gasteiger partial charge in [0.05, 0.1) is 24.6 Å². The number of carbonyl (C=O) groups is 1. The Bertz CT molecular complexity index is 696. The molecular formula is C18H27ClN2O4S. The Labute approximate surface area is 160 Å². The van der Waals surface area contributed by atoms with Crippen LogP contribution in [-0.2, 0) is 14.6 Å². The average molecular weight is 403 g/mol. The van der Waals surface area contributed by atoms with E-state index in [2.05, 4.69) is 12.2 Å². The fourth-order valence-corrected chi connectivity index (χ4v) is 4.91. The number of halogens is 1. The van der Waals surface area contributed by atoms with Crippen molar-refractivity contribution >= 4 is 27.3 Å². The lowest BCUT2D eigenvalue weighted by Gasteiger charge is -2.27. The van der Waals surface area contributed by atoms with E-state index in [1.54, 1.807) is 24.3 Å². The van der Waals surface area contributed by atoms with Crippen LogP contribution in [0.2, 0.25) is 5.02 Å². The predicted molar refractivity (Wildman–Crippen MR) is 103 cm³/mol. The van der Waals surface area contributed by atoms with Crippen LogP contribution in [0.5, 0.6) is 5.75 Å². The largest absolute Gasteiger partial charge is 0.492 e. The van der Waals surface area contributed by atoms with Gasteiger partial charge in [-0.15, -0.1) is 0 Å². The zero-order valence-corrected chi connectivity index (χ0v) is 16.7. The number of nitrogens with one attached hydrogen (secondary N) is 1. The van der Waals surface area contributed by atoms with Gasteiger partial charge in [-0.05, 0) is 37.6 Å². The molecular weight excluding hydrogens is 376 g/mol. The molecule has 2 rings (SSSR count). The number of ether oxygens (including phenoxy) is 1. The Hall–Kier alpha value is -1.31. The Morgan fingerprint density at radius 3 is 2.88 bits per heavy atom. The minimum absolute atomic E-state index is 0.0555. The van der Waals surface area contributed by atoms with Gasteiger partial charge in [-0.2, -0.15) is 0 Å². The van der Waals surface area contributed by atoms with Crippen molar-refractivity contribution in [2.24, 2.45) is 0 Å². The number of sulfone groups is 1. The Kier molecular flexibility index (Phi) is 8.18. The van der Waals surface area contributed by atoms with Crippen LogP contribution in [0.1, 0.15) is 26.2 Å². The summed E-state index contributed by atoms with van der Waals surface area (Å²) in [5.74, 6) is 0.921. The van der Waals surface area contributed by atoms with Crippen LogP contribution in [-0.4, -0.2) is 63.0 Å². The molecule has 1 aliphatic heterocycles. The summed E-state index contributed by atoms with van der Waals surface area (Å²) in [5.41, 5.74) is 0. The lowest BCUT2D eigenvalue weighted by Crippen LogP contribution is -2.44. The fourth-order valence-electron chi connectivity index (χ4n) is 2.97. The zero-order valence-electron chi connectivity index (χ0n) is 15.1. The molecule has 1 N–H and O–H groups in total. The van der Waals surface area contributed by atoms with Crippen molar-refractivity contribution in [3.8, 4) is 5.75 Å². The first kappa shape index (κ1) is 21.0. The van der Waals surface area contributed by atoms with Crippen molar-refractivity contribution in [3.63, 3.8) is 0 Å². The maximum atomic E-state index is 12.2. The number of benzene rings is 1. The zero-order chi connectivity index (χ0) is 19.0. The highest BCUT2D eigenvalue weighted by atomic mass is 35.5. The highest BCUT2D eigenvalue weighted by Crippen LogP contribution is 2.18. The van der Waals surface area contributed by atoms with Gasteiger partial charge in [0.1, 0.15) is 12.4 Å². The standard InChI is InChI=1S/C18H27ClN2O4S/c1-2-3-9-21(16-7-11-26(23,24)14-16)13-18(22)20-8-10-25-17-6-4-5-15(19)12-17/h4-6,12,16H,2-3,7-11,13-14H2,1H3,(H,20,22). The van der Waals surface area contributed by atoms with Gasteiger partial charge in [-0.3, -0.25) is 9.69 Å². The summed E-state index contributed by atoms with van der Waals surface area (Å²) in [6, 6.07) is 7.04. The smallest absolute Gasteiger partial charge is 0.234 e. The third kappa shape index (κ3) is 7.13. The SMILES string of the molecule is CCCCN(CC(=O)NCCOc1cccc(Cl)c1)C1CCS(=O)(=O)C1. The molecule has 0 spiro atoms. The first-order valence-electron chi connectivity index (χ1n) is 8.99. The maximum Gasteiger partial charge on any atom is 0.234 e. The highest BCUT2D eigenvalue weighted by Gasteiger charge is 2.32. The molecule has 146 valence electrons. The minimum Gasteiger partial charge on any atom is -0.492 e. The summed E-state index contributed by atoms with van der Waals surface area (Å²) in [4.78, 5) is 14.2. The third-order valence-electron chi connectivity index (χ3n) is 4.36. The van der Waals surface area contributed by atoms with Crippen LogP contribution >= 0.6 is 11.6 Å². The Morgan fingerprint density at radius 2 is 2.23 bits per heavy atom. The molecule has 0 saturated carbocycles. The van der Waals surface area contributed by atoms with Gasteiger partial charge in [0, 0.05) is 11.1 Å². The third-order valence-corrected chi connectivity index (χ3v) is 6.34. The molecule has 1 atom stereocenters. The highest BCUT2D eigenvalue weighted by molar-refractivity contribution is 7.91. The molecule has 26 heavy (non-hydrogen) atoms. The van der Waals surface area contributed by atoms with E-state index in [1.165, 1.54) is 0 Å². The molecule has 1 aliphatic rings. The molecule has 1 aromatic rings. The number of nitrogens with zero attached hydrogens (tertiary/aromatic N) is 1. The van der Waals surface area contributed by atoms with Gasteiger partial charge in [-0.25, -0.2) is 8.42 Å². The number of carbonyl (C=O) groups excluding carboxylic acids is 1. The fraction of sp³-hybridized carbons (Fsp3) is 0.611. The number of hydrogen-bond acceptors (Lipinski definition) is 5. The van der Waals surface area contributed by atoms with Gasteiger partial charge < -0.3 is 10.1 Å². The Balaban J connectivity index is 1.75. The van der Waals surface area contributed by atoms with Crippen LogP contribution in [0, 0.1) is 0 Å². The van der Waals surface area contributed by atoms with Crippen LogP contribution in [0.4, 0.5) is 0 Å². The predicted octanol–water partition coefficient (Wildman–Crippen LogP) is 2.12. The number of amides is 1. The van der Waals surface area contributed by atoms with Crippen molar-refractivity contribution in [2.45, 2.75) is 32.2 Å². The summed E-state index contributed by atoms with van der Waals surface area (Å²) in [7, 11) is -2.96. The van der Waals surface area contributed by atoms with Gasteiger partial charge >= 0.3 is 0 Å². The van der Waals surface area contributed by atoms with E-state index in [4.69, 9.17) is 16.3 Å². The van der Waals surface area contributed by atoms with E-state index in [-0.39, 0.29) is 30.0 Å². The maximum absolute atomic E-state index is 12.2. The number of unbranched alkanes of at least 4 members (excludes halogenated alkanes) is 1. The summed E-state index contributed by atoms with van der Waals surface area (Å²) in [6.45, 7) is 3.77. The first-order valence-corrected chi connectivity index (χ1v) is 11.2. The van der Waals surface area contributed by atoms with Crippen LogP contribution < -0.4 is 10.1 Å². The summed E-state index contributed by atoms with van der Waals surface area (Å²) < 4.78 is 29.0. The molecule has 1 unspecified atom stereocenters. The molecule has 0 aliphatic carbocycles. The second kappa shape index (κ2) is 10.1. The monoisotopic (exact) mass is 402 g/mol. The minimum atomic E-state index is -2.96. The van der Waals surface area contributed by atoms with Crippen molar-refractivity contribution < 1.29 is 17.9 Å². The van der Waals surface area contributed by atoms with E-state index < -0.39 is 9.84 Å². The van der Waals surface area contributed by atoms with E-state index in [9.17, 15) is 13.2 Å². The summed E-state index contributed by atoms with van der Waals surface area (Å²) >= 11 is 5.89. The summed E-state index contributed by atoms with van der Waals surface area (Å²) in [6.07, 6.45) is 2.56. The molecule has 1 fully saturated rings. The molecule has 0 bridgehead atoms. The topological polar surface area (TPSA) is 75.7 Å². The van der Waals surface area contributed by atoms with Gasteiger partial charge in [0.2, 0.25) is 5.91 Å². The van der Waals surface area contributed by atoms with Gasteiger partial charge in [-0.1, -0.05) is 31.0 Å². The van der Waals surface area contributed by atoms with E-state index in [0.717, 1.165) is 19.4 Å². The van der Waals surface area contributed by atoms with Crippen molar-refractivity contribution in [1.82, 2.24) is 10.2 Å². The number of rotatable bonds is 10. The van der Waals surface area contributed by atoms with Crippen molar-refractivity contribution in [3.05, 3.63) is 29.3 Å². The molecule has 1 aromatic carbocycles. The van der Waals surface area contributed by atoms with Crippen molar-refractivity contribution in [1.29, 1.82) is 0 Å². The second-order valence-electron chi connectivity index (χ2n) is 6.54. The van der Waals surface area contributed by atoms with Crippen LogP contribution in [0.25, 0.3) is 0 Å². The second-order valence-corrected chi connectivity index (χ2v) is 9.20. The van der Waals surface area contributed by atoms with E-state index in [0.29, 0.717) is 30.3 Å². The molecule has 0 aromatic heterocycles. The molecule has 8 heteroatoms. The molecule has 1 heterocycles.